The lowest BCUT2D eigenvalue weighted by molar-refractivity contribution is 0.701. The van der Waals surface area contributed by atoms with E-state index in [2.05, 4.69) is 38.2 Å². The summed E-state index contributed by atoms with van der Waals surface area (Å²) in [6.45, 7) is 8.81. The van der Waals surface area contributed by atoms with Gasteiger partial charge in [0.2, 0.25) is 0 Å². The Morgan fingerprint density at radius 3 is 2.42 bits per heavy atom. The van der Waals surface area contributed by atoms with Crippen LogP contribution in [-0.4, -0.2) is 5.71 Å². The number of hydrogen-bond acceptors (Lipinski definition) is 2. The Balaban J connectivity index is 2.60. The first-order valence-corrected chi connectivity index (χ1v) is 4.62. The van der Waals surface area contributed by atoms with Gasteiger partial charge >= 0.3 is 0 Å². The van der Waals surface area contributed by atoms with E-state index in [1.165, 1.54) is 11.3 Å². The molecule has 1 heterocycles. The third-order valence-corrected chi connectivity index (χ3v) is 2.25. The summed E-state index contributed by atoms with van der Waals surface area (Å²) in [6.07, 6.45) is 3.07. The van der Waals surface area contributed by atoms with Gasteiger partial charge in [0, 0.05) is 18.3 Å². The van der Waals surface area contributed by atoms with E-state index in [4.69, 9.17) is 0 Å². The molecule has 68 valence electrons. The lowest BCUT2D eigenvalue weighted by Crippen LogP contribution is -2.19. The monoisotopic (exact) mass is 166 g/mol. The lowest BCUT2D eigenvalue weighted by Gasteiger charge is -2.19. The van der Waals surface area contributed by atoms with Crippen LogP contribution in [-0.2, 0) is 0 Å². The maximum atomic E-state index is 4.25. The second kappa shape index (κ2) is 3.74. The molecule has 1 aliphatic heterocycles. The van der Waals surface area contributed by atoms with Crippen molar-refractivity contribution < 1.29 is 0 Å². The van der Waals surface area contributed by atoms with Gasteiger partial charge in [-0.25, -0.2) is 0 Å². The van der Waals surface area contributed by atoms with Gasteiger partial charge in [-0.05, 0) is 17.4 Å². The largest absolute Gasteiger partial charge is 0.286 e. The van der Waals surface area contributed by atoms with Crippen LogP contribution in [0.5, 0.6) is 0 Å². The Labute approximate surface area is 74.7 Å². The average Bonchev–Trinajstić information content (AvgIpc) is 2.04. The Hall–Kier alpha value is -0.790. The van der Waals surface area contributed by atoms with Crippen molar-refractivity contribution in [3.05, 3.63) is 11.8 Å². The molecule has 0 saturated heterocycles. The molecule has 0 unspecified atom stereocenters. The van der Waals surface area contributed by atoms with Gasteiger partial charge in [0.25, 0.3) is 0 Å². The fraction of sp³-hybridized carbons (Fsp3) is 0.700. The van der Waals surface area contributed by atoms with Crippen LogP contribution in [0, 0.1) is 11.8 Å². The minimum atomic E-state index is 0.556. The molecule has 12 heavy (non-hydrogen) atoms. The van der Waals surface area contributed by atoms with Crippen molar-refractivity contribution in [2.45, 2.75) is 34.1 Å². The fourth-order valence-corrected chi connectivity index (χ4v) is 1.20. The van der Waals surface area contributed by atoms with Crippen molar-refractivity contribution in [2.24, 2.45) is 16.9 Å². The first-order chi connectivity index (χ1) is 5.61. The maximum Gasteiger partial charge on any atom is 0.0448 e. The van der Waals surface area contributed by atoms with Gasteiger partial charge in [0.05, 0.1) is 0 Å². The van der Waals surface area contributed by atoms with Crippen molar-refractivity contribution in [2.75, 3.05) is 0 Å². The van der Waals surface area contributed by atoms with Gasteiger partial charge < -0.3 is 0 Å². The van der Waals surface area contributed by atoms with Gasteiger partial charge in [0.15, 0.2) is 0 Å². The van der Waals surface area contributed by atoms with Gasteiger partial charge in [-0.15, -0.1) is 0 Å². The van der Waals surface area contributed by atoms with Crippen molar-refractivity contribution in [1.82, 2.24) is 5.43 Å². The standard InChI is InChI=1S/C10H18N2/c1-7(2)9-5-10(8(3)4)12-11-6-9/h6-8,11H,5H2,1-4H3. The number of nitrogens with zero attached hydrogens (tertiary/aromatic N) is 1. The molecule has 0 atom stereocenters. The van der Waals surface area contributed by atoms with E-state index in [9.17, 15) is 0 Å². The third kappa shape index (κ3) is 2.10. The molecule has 1 rings (SSSR count). The summed E-state index contributed by atoms with van der Waals surface area (Å²) in [5.74, 6) is 1.18. The highest BCUT2D eigenvalue weighted by Gasteiger charge is 2.13. The number of rotatable bonds is 2. The van der Waals surface area contributed by atoms with Crippen LogP contribution in [0.4, 0.5) is 0 Å². The first kappa shape index (κ1) is 9.30. The molecular weight excluding hydrogens is 148 g/mol. The summed E-state index contributed by atoms with van der Waals surface area (Å²) < 4.78 is 0. The Morgan fingerprint density at radius 2 is 1.92 bits per heavy atom. The molecule has 0 amide bonds. The smallest absolute Gasteiger partial charge is 0.0448 e. The third-order valence-electron chi connectivity index (χ3n) is 2.25. The maximum absolute atomic E-state index is 4.25. The molecule has 0 aromatic heterocycles. The van der Waals surface area contributed by atoms with Gasteiger partial charge in [-0.3, -0.25) is 5.43 Å². The van der Waals surface area contributed by atoms with Gasteiger partial charge in [-0.2, -0.15) is 5.10 Å². The van der Waals surface area contributed by atoms with Crippen LogP contribution in [0.1, 0.15) is 34.1 Å². The van der Waals surface area contributed by atoms with Crippen LogP contribution < -0.4 is 5.43 Å². The van der Waals surface area contributed by atoms with Crippen LogP contribution in [0.25, 0.3) is 0 Å². The van der Waals surface area contributed by atoms with Crippen LogP contribution in [0.2, 0.25) is 0 Å². The number of allylic oxidation sites excluding steroid dienone is 1. The van der Waals surface area contributed by atoms with Crippen molar-refractivity contribution in [1.29, 1.82) is 0 Å². The minimum Gasteiger partial charge on any atom is -0.286 e. The molecule has 1 aliphatic rings. The molecule has 0 aromatic rings. The molecular formula is C10H18N2. The highest BCUT2D eigenvalue weighted by atomic mass is 15.3. The van der Waals surface area contributed by atoms with Crippen LogP contribution in [0.15, 0.2) is 16.9 Å². The quantitative estimate of drug-likeness (QED) is 0.669. The highest BCUT2D eigenvalue weighted by Crippen LogP contribution is 2.19. The van der Waals surface area contributed by atoms with Gasteiger partial charge in [0.1, 0.15) is 0 Å². The Morgan fingerprint density at radius 1 is 1.25 bits per heavy atom. The summed E-state index contributed by atoms with van der Waals surface area (Å²) in [5.41, 5.74) is 5.69. The van der Waals surface area contributed by atoms with E-state index in [0.29, 0.717) is 11.8 Å². The number of hydrogen-bond donors (Lipinski definition) is 1. The molecule has 0 bridgehead atoms. The highest BCUT2D eigenvalue weighted by molar-refractivity contribution is 5.88. The number of hydrazone groups is 1. The van der Waals surface area contributed by atoms with Crippen LogP contribution in [0.3, 0.4) is 0 Å². The molecule has 0 saturated carbocycles. The first-order valence-electron chi connectivity index (χ1n) is 4.62. The molecule has 0 aromatic carbocycles. The molecule has 0 fully saturated rings. The predicted molar refractivity (Wildman–Crippen MR) is 52.9 cm³/mol. The van der Waals surface area contributed by atoms with Crippen LogP contribution >= 0.6 is 0 Å². The SMILES string of the molecule is CC(C)C1=CNN=C(C(C)C)C1. The molecule has 2 heteroatoms. The van der Waals surface area contributed by atoms with E-state index in [1.54, 1.807) is 0 Å². The van der Waals surface area contributed by atoms with E-state index in [-0.39, 0.29) is 0 Å². The summed E-state index contributed by atoms with van der Waals surface area (Å²) in [4.78, 5) is 0. The summed E-state index contributed by atoms with van der Waals surface area (Å²) in [7, 11) is 0. The van der Waals surface area contributed by atoms with Gasteiger partial charge in [-0.1, -0.05) is 27.7 Å². The second-order valence-corrected chi connectivity index (χ2v) is 3.94. The average molecular weight is 166 g/mol. The van der Waals surface area contributed by atoms with E-state index < -0.39 is 0 Å². The molecule has 0 aliphatic carbocycles. The zero-order chi connectivity index (χ0) is 9.14. The molecule has 0 radical (unpaired) electrons. The zero-order valence-electron chi connectivity index (χ0n) is 8.39. The second-order valence-electron chi connectivity index (χ2n) is 3.94. The van der Waals surface area contributed by atoms with Crippen molar-refractivity contribution in [3.8, 4) is 0 Å². The van der Waals surface area contributed by atoms with E-state index in [1.807, 2.05) is 6.20 Å². The molecule has 2 nitrogen and oxygen atoms in total. The molecule has 1 N–H and O–H groups in total. The fourth-order valence-electron chi connectivity index (χ4n) is 1.20. The number of nitrogens with one attached hydrogen (secondary N) is 1. The predicted octanol–water partition coefficient (Wildman–Crippen LogP) is 2.53. The lowest BCUT2D eigenvalue weighted by atomic mass is 9.93. The summed E-state index contributed by atoms with van der Waals surface area (Å²) >= 11 is 0. The minimum absolute atomic E-state index is 0.556. The Bertz CT molecular complexity index is 190. The summed E-state index contributed by atoms with van der Waals surface area (Å²) in [6, 6.07) is 0. The van der Waals surface area contributed by atoms with E-state index >= 15 is 0 Å². The van der Waals surface area contributed by atoms with E-state index in [0.717, 1.165) is 6.42 Å². The summed E-state index contributed by atoms with van der Waals surface area (Å²) in [5, 5.41) is 4.25. The van der Waals surface area contributed by atoms with Crippen molar-refractivity contribution >= 4 is 5.71 Å². The molecule has 0 spiro atoms. The topological polar surface area (TPSA) is 24.4 Å². The Kier molecular flexibility index (Phi) is 2.90. The normalized spacial score (nSPS) is 17.5. The zero-order valence-corrected chi connectivity index (χ0v) is 8.39. The van der Waals surface area contributed by atoms with Crippen molar-refractivity contribution in [3.63, 3.8) is 0 Å².